The molecule has 27 heavy (non-hydrogen) atoms. The minimum absolute atomic E-state index is 0.0663. The van der Waals surface area contributed by atoms with Crippen LogP contribution in [0.3, 0.4) is 0 Å². The summed E-state index contributed by atoms with van der Waals surface area (Å²) in [6, 6.07) is 0. The molecule has 4 bridgehead atoms. The Balaban J connectivity index is 1.82. The largest absolute Gasteiger partial charge is 0.456 e. The van der Waals surface area contributed by atoms with Gasteiger partial charge in [-0.15, -0.1) is 0 Å². The van der Waals surface area contributed by atoms with Gasteiger partial charge in [0.15, 0.2) is 5.60 Å². The Morgan fingerprint density at radius 3 is 1.85 bits per heavy atom. The quantitative estimate of drug-likeness (QED) is 0.539. The molecule has 0 spiro atoms. The number of hydrogen-bond acceptors (Lipinski definition) is 3. The first-order valence-electron chi connectivity index (χ1n) is 9.59. The molecular weight excluding hydrogens is 371 g/mol. The second kappa shape index (κ2) is 6.29. The van der Waals surface area contributed by atoms with E-state index < -0.39 is 35.7 Å². The van der Waals surface area contributed by atoms with Crippen LogP contribution in [0.4, 0.5) is 22.0 Å². The van der Waals surface area contributed by atoms with Crippen molar-refractivity contribution in [3.63, 3.8) is 0 Å². The van der Waals surface area contributed by atoms with Gasteiger partial charge in [-0.1, -0.05) is 13.8 Å². The maximum Gasteiger partial charge on any atom is 0.453 e. The van der Waals surface area contributed by atoms with Gasteiger partial charge in [-0.25, -0.2) is 4.79 Å². The van der Waals surface area contributed by atoms with E-state index in [4.69, 9.17) is 4.74 Å². The van der Waals surface area contributed by atoms with Crippen molar-refractivity contribution >= 4 is 5.97 Å². The highest BCUT2D eigenvalue weighted by Crippen LogP contribution is 2.62. The molecule has 4 aliphatic rings. The fourth-order valence-corrected chi connectivity index (χ4v) is 6.02. The summed E-state index contributed by atoms with van der Waals surface area (Å²) in [5.41, 5.74) is -3.82. The van der Waals surface area contributed by atoms with Gasteiger partial charge in [-0.3, -0.25) is 0 Å². The number of halogens is 5. The van der Waals surface area contributed by atoms with E-state index in [0.29, 0.717) is 18.8 Å². The van der Waals surface area contributed by atoms with Gasteiger partial charge < -0.3 is 9.84 Å². The molecule has 156 valence electrons. The number of esters is 1. The van der Waals surface area contributed by atoms with Crippen LogP contribution in [0.2, 0.25) is 0 Å². The molecule has 0 amide bonds. The van der Waals surface area contributed by atoms with Crippen molar-refractivity contribution in [3.05, 3.63) is 0 Å². The molecule has 1 atom stereocenters. The predicted octanol–water partition coefficient (Wildman–Crippen LogP) is 4.72. The van der Waals surface area contributed by atoms with E-state index in [1.165, 1.54) is 0 Å². The van der Waals surface area contributed by atoms with Crippen molar-refractivity contribution in [3.8, 4) is 0 Å². The highest BCUT2D eigenvalue weighted by Gasteiger charge is 2.64. The monoisotopic (exact) mass is 398 g/mol. The van der Waals surface area contributed by atoms with Crippen molar-refractivity contribution in [2.45, 2.75) is 82.6 Å². The van der Waals surface area contributed by atoms with Crippen LogP contribution in [0.25, 0.3) is 0 Å². The predicted molar refractivity (Wildman–Crippen MR) is 86.9 cm³/mol. The summed E-state index contributed by atoms with van der Waals surface area (Å²) >= 11 is 0. The lowest BCUT2D eigenvalue weighted by atomic mass is 9.47. The third kappa shape index (κ3) is 3.36. The Morgan fingerprint density at radius 1 is 1.04 bits per heavy atom. The summed E-state index contributed by atoms with van der Waals surface area (Å²) < 4.78 is 70.1. The van der Waals surface area contributed by atoms with Crippen LogP contribution in [0.15, 0.2) is 0 Å². The van der Waals surface area contributed by atoms with E-state index in [2.05, 4.69) is 0 Å². The number of alkyl halides is 5. The van der Waals surface area contributed by atoms with E-state index in [1.807, 2.05) is 13.8 Å². The molecular formula is C19H27F5O3. The molecule has 0 aromatic rings. The summed E-state index contributed by atoms with van der Waals surface area (Å²) in [6.07, 6.45) is -3.23. The van der Waals surface area contributed by atoms with Crippen LogP contribution >= 0.6 is 0 Å². The van der Waals surface area contributed by atoms with E-state index in [9.17, 15) is 31.9 Å². The van der Waals surface area contributed by atoms with Gasteiger partial charge >= 0.3 is 18.1 Å². The number of carbonyl (C=O) groups excluding carboxylic acids is 1. The average molecular weight is 398 g/mol. The zero-order chi connectivity index (χ0) is 20.4. The molecule has 4 aliphatic carbocycles. The van der Waals surface area contributed by atoms with Gasteiger partial charge in [0.1, 0.15) is 5.60 Å². The number of carbonyl (C=O) groups is 1. The first-order chi connectivity index (χ1) is 12.2. The second-order valence-corrected chi connectivity index (χ2v) is 9.36. The first-order valence-corrected chi connectivity index (χ1v) is 9.59. The maximum atomic E-state index is 13.4. The molecule has 3 nitrogen and oxygen atoms in total. The Labute approximate surface area is 155 Å². The lowest BCUT2D eigenvalue weighted by Gasteiger charge is -2.62. The molecule has 0 saturated heterocycles. The highest BCUT2D eigenvalue weighted by molar-refractivity contribution is 5.79. The molecule has 4 fully saturated rings. The molecule has 0 aliphatic heterocycles. The normalized spacial score (nSPS) is 38.1. The Bertz CT molecular complexity index is 569. The van der Waals surface area contributed by atoms with Crippen LogP contribution in [-0.4, -0.2) is 34.4 Å². The number of aliphatic hydroxyl groups is 1. The van der Waals surface area contributed by atoms with Gasteiger partial charge in [-0.2, -0.15) is 22.0 Å². The first kappa shape index (κ1) is 20.8. The molecule has 0 aromatic heterocycles. The summed E-state index contributed by atoms with van der Waals surface area (Å²) in [5, 5.41) is 10.2. The molecule has 4 saturated carbocycles. The standard InChI is InChI=1S/C19H27F5O3/c1-10(2)18(13-5-11-4-12(7-13)8-14(18)6-11)27-15(25)16(3,26)9-17(20,21)19(22,23)24/h10-14,26H,4-9H2,1-3H3. The Kier molecular flexibility index (Phi) is 4.85. The van der Waals surface area contributed by atoms with E-state index >= 15 is 0 Å². The zero-order valence-corrected chi connectivity index (χ0v) is 15.8. The molecule has 0 heterocycles. The molecule has 4 rings (SSSR count). The fourth-order valence-electron chi connectivity index (χ4n) is 6.02. The highest BCUT2D eigenvalue weighted by atomic mass is 19.4. The second-order valence-electron chi connectivity index (χ2n) is 9.36. The lowest BCUT2D eigenvalue weighted by Crippen LogP contribution is -2.64. The van der Waals surface area contributed by atoms with Crippen molar-refractivity contribution in [1.29, 1.82) is 0 Å². The zero-order valence-electron chi connectivity index (χ0n) is 15.8. The van der Waals surface area contributed by atoms with Crippen LogP contribution in [0.1, 0.15) is 59.3 Å². The van der Waals surface area contributed by atoms with Crippen LogP contribution < -0.4 is 0 Å². The number of rotatable bonds is 5. The molecule has 0 radical (unpaired) electrons. The maximum absolute atomic E-state index is 13.4. The van der Waals surface area contributed by atoms with E-state index in [1.54, 1.807) is 0 Å². The summed E-state index contributed by atoms with van der Waals surface area (Å²) in [6.45, 7) is 4.45. The molecule has 0 aromatic carbocycles. The van der Waals surface area contributed by atoms with Crippen molar-refractivity contribution < 1.29 is 36.6 Å². The van der Waals surface area contributed by atoms with E-state index in [0.717, 1.165) is 32.1 Å². The molecule has 1 unspecified atom stereocenters. The minimum atomic E-state index is -5.84. The third-order valence-corrected chi connectivity index (χ3v) is 7.01. The van der Waals surface area contributed by atoms with Crippen LogP contribution in [0.5, 0.6) is 0 Å². The number of hydrogen-bond donors (Lipinski definition) is 1. The van der Waals surface area contributed by atoms with E-state index in [-0.39, 0.29) is 17.8 Å². The van der Waals surface area contributed by atoms with Gasteiger partial charge in [0.2, 0.25) is 0 Å². The lowest BCUT2D eigenvalue weighted by molar-refractivity contribution is -0.298. The van der Waals surface area contributed by atoms with Gasteiger partial charge in [0.05, 0.1) is 6.42 Å². The minimum Gasteiger partial charge on any atom is -0.456 e. The number of ether oxygens (including phenoxy) is 1. The SMILES string of the molecule is CC(C)C1(OC(=O)C(C)(O)CC(F)(F)C(F)(F)F)C2CC3CC(C2)CC1C3. The van der Waals surface area contributed by atoms with Gasteiger partial charge in [0.25, 0.3) is 0 Å². The fraction of sp³-hybridized carbons (Fsp3) is 0.947. The molecule has 8 heteroatoms. The van der Waals surface area contributed by atoms with Gasteiger partial charge in [0, 0.05) is 0 Å². The third-order valence-electron chi connectivity index (χ3n) is 7.01. The van der Waals surface area contributed by atoms with Crippen LogP contribution in [-0.2, 0) is 9.53 Å². The summed E-state index contributed by atoms with van der Waals surface area (Å²) in [4.78, 5) is 12.6. The van der Waals surface area contributed by atoms with Crippen molar-refractivity contribution in [2.75, 3.05) is 0 Å². The van der Waals surface area contributed by atoms with Gasteiger partial charge in [-0.05, 0) is 68.6 Å². The topological polar surface area (TPSA) is 46.5 Å². The Morgan fingerprint density at radius 2 is 1.48 bits per heavy atom. The Hall–Kier alpha value is -0.920. The molecule has 1 N–H and O–H groups in total. The smallest absolute Gasteiger partial charge is 0.453 e. The average Bonchev–Trinajstić information content (AvgIpc) is 2.47. The van der Waals surface area contributed by atoms with Crippen LogP contribution in [0, 0.1) is 29.6 Å². The van der Waals surface area contributed by atoms with Crippen molar-refractivity contribution in [2.24, 2.45) is 29.6 Å². The summed E-state index contributed by atoms with van der Waals surface area (Å²) in [5.74, 6) is -5.41. The van der Waals surface area contributed by atoms with Crippen molar-refractivity contribution in [1.82, 2.24) is 0 Å². The summed E-state index contributed by atoms with van der Waals surface area (Å²) in [7, 11) is 0.